The van der Waals surface area contributed by atoms with Crippen molar-refractivity contribution >= 4 is 17.6 Å². The first-order chi connectivity index (χ1) is 12.9. The second kappa shape index (κ2) is 7.61. The maximum atomic E-state index is 12.2. The van der Waals surface area contributed by atoms with Gasteiger partial charge in [-0.3, -0.25) is 9.20 Å². The molecule has 0 saturated carbocycles. The lowest BCUT2D eigenvalue weighted by atomic mass is 10.0. The van der Waals surface area contributed by atoms with Crippen LogP contribution in [0.15, 0.2) is 53.9 Å². The van der Waals surface area contributed by atoms with E-state index in [1.807, 2.05) is 10.5 Å². The van der Waals surface area contributed by atoms with E-state index in [0.717, 1.165) is 11.3 Å². The van der Waals surface area contributed by atoms with Gasteiger partial charge < -0.3 is 5.21 Å². The van der Waals surface area contributed by atoms with Crippen LogP contribution < -0.4 is 0 Å². The number of halogens is 3. The normalized spacial score (nSPS) is 12.1. The standard InChI is InChI=1S/C19H16F3N3O2/c20-19(21,22)6-4-16(26)9-13-2-1-3-15(8-13)17-12-23-18-10-14(11-24-27)5-7-25(17)18/h1-3,5,7-8,10-12,27H,4,6,9H2. The number of nitrogens with zero attached hydrogens (tertiary/aromatic N) is 3. The van der Waals surface area contributed by atoms with Crippen LogP contribution in [0.3, 0.4) is 0 Å². The Morgan fingerprint density at radius 2 is 2.07 bits per heavy atom. The lowest BCUT2D eigenvalue weighted by Gasteiger charge is -2.07. The van der Waals surface area contributed by atoms with E-state index in [1.165, 1.54) is 6.21 Å². The first kappa shape index (κ1) is 18.6. The number of oxime groups is 1. The first-order valence-corrected chi connectivity index (χ1v) is 8.18. The molecule has 3 aromatic rings. The highest BCUT2D eigenvalue weighted by atomic mass is 19.4. The largest absolute Gasteiger partial charge is 0.411 e. The Kier molecular flexibility index (Phi) is 5.25. The fourth-order valence-electron chi connectivity index (χ4n) is 2.79. The molecule has 0 radical (unpaired) electrons. The van der Waals surface area contributed by atoms with Gasteiger partial charge in [-0.15, -0.1) is 0 Å². The van der Waals surface area contributed by atoms with E-state index in [0.29, 0.717) is 16.8 Å². The van der Waals surface area contributed by atoms with Gasteiger partial charge in [0.25, 0.3) is 0 Å². The molecule has 2 heterocycles. The van der Waals surface area contributed by atoms with E-state index in [2.05, 4.69) is 10.1 Å². The number of rotatable bonds is 6. The number of hydrogen-bond acceptors (Lipinski definition) is 4. The van der Waals surface area contributed by atoms with E-state index >= 15 is 0 Å². The zero-order chi connectivity index (χ0) is 19.4. The molecule has 3 rings (SSSR count). The molecular weight excluding hydrogens is 359 g/mol. The van der Waals surface area contributed by atoms with Gasteiger partial charge >= 0.3 is 6.18 Å². The van der Waals surface area contributed by atoms with Crippen molar-refractivity contribution < 1.29 is 23.2 Å². The van der Waals surface area contributed by atoms with Crippen LogP contribution in [0.1, 0.15) is 24.0 Å². The van der Waals surface area contributed by atoms with Crippen molar-refractivity contribution in [3.05, 3.63) is 59.9 Å². The van der Waals surface area contributed by atoms with Crippen molar-refractivity contribution in [3.63, 3.8) is 0 Å². The topological polar surface area (TPSA) is 67.0 Å². The van der Waals surface area contributed by atoms with E-state index in [9.17, 15) is 18.0 Å². The number of ketones is 1. The van der Waals surface area contributed by atoms with Crippen molar-refractivity contribution in [1.29, 1.82) is 0 Å². The van der Waals surface area contributed by atoms with Crippen molar-refractivity contribution in [2.45, 2.75) is 25.4 Å². The quantitative estimate of drug-likeness (QED) is 0.398. The lowest BCUT2D eigenvalue weighted by Crippen LogP contribution is -2.12. The molecule has 2 aromatic heterocycles. The number of benzene rings is 1. The minimum absolute atomic E-state index is 0.0439. The van der Waals surface area contributed by atoms with Crippen molar-refractivity contribution in [2.24, 2.45) is 5.16 Å². The van der Waals surface area contributed by atoms with Gasteiger partial charge in [0.1, 0.15) is 11.4 Å². The number of carbonyl (C=O) groups is 1. The van der Waals surface area contributed by atoms with Crippen LogP contribution in [0.2, 0.25) is 0 Å². The number of alkyl halides is 3. The fraction of sp³-hybridized carbons (Fsp3) is 0.211. The Bertz CT molecular complexity index is 993. The summed E-state index contributed by atoms with van der Waals surface area (Å²) in [4.78, 5) is 16.1. The van der Waals surface area contributed by atoms with Crippen LogP contribution in [0, 0.1) is 0 Å². The number of fused-ring (bicyclic) bond motifs is 1. The number of aromatic nitrogens is 2. The molecule has 0 aliphatic heterocycles. The van der Waals surface area contributed by atoms with E-state index < -0.39 is 24.8 Å². The number of carbonyl (C=O) groups excluding carboxylic acids is 1. The second-order valence-electron chi connectivity index (χ2n) is 6.11. The predicted octanol–water partition coefficient (Wildman–Crippen LogP) is 4.26. The Labute approximate surface area is 152 Å². The molecule has 0 bridgehead atoms. The van der Waals surface area contributed by atoms with Gasteiger partial charge in [-0.2, -0.15) is 13.2 Å². The zero-order valence-electron chi connectivity index (χ0n) is 14.1. The summed E-state index contributed by atoms with van der Waals surface area (Å²) in [6, 6.07) is 10.6. The second-order valence-corrected chi connectivity index (χ2v) is 6.11. The van der Waals surface area contributed by atoms with Gasteiger partial charge in [-0.05, 0) is 23.8 Å². The zero-order valence-corrected chi connectivity index (χ0v) is 14.1. The van der Waals surface area contributed by atoms with Crippen molar-refractivity contribution in [2.75, 3.05) is 0 Å². The van der Waals surface area contributed by atoms with Gasteiger partial charge in [0.15, 0.2) is 0 Å². The Balaban J connectivity index is 1.81. The van der Waals surface area contributed by atoms with Gasteiger partial charge in [-0.1, -0.05) is 23.4 Å². The van der Waals surface area contributed by atoms with E-state index in [1.54, 1.807) is 42.7 Å². The number of imidazole rings is 1. The molecule has 1 aromatic carbocycles. The first-order valence-electron chi connectivity index (χ1n) is 8.18. The van der Waals surface area contributed by atoms with Gasteiger partial charge in [0.05, 0.1) is 24.5 Å². The highest BCUT2D eigenvalue weighted by Gasteiger charge is 2.27. The summed E-state index contributed by atoms with van der Waals surface area (Å²) >= 11 is 0. The fourth-order valence-corrected chi connectivity index (χ4v) is 2.79. The SMILES string of the molecule is O=C(CCC(F)(F)F)Cc1cccc(-c2cnc3cc(C=NO)ccn23)c1. The monoisotopic (exact) mass is 375 g/mol. The minimum Gasteiger partial charge on any atom is -0.411 e. The van der Waals surface area contributed by atoms with Gasteiger partial charge in [0.2, 0.25) is 0 Å². The smallest absolute Gasteiger partial charge is 0.389 e. The van der Waals surface area contributed by atoms with E-state index in [4.69, 9.17) is 5.21 Å². The Hall–Kier alpha value is -3.16. The summed E-state index contributed by atoms with van der Waals surface area (Å²) in [6.45, 7) is 0. The number of pyridine rings is 1. The lowest BCUT2D eigenvalue weighted by molar-refractivity contribution is -0.143. The summed E-state index contributed by atoms with van der Waals surface area (Å²) < 4.78 is 38.6. The number of hydrogen-bond donors (Lipinski definition) is 1. The molecule has 0 amide bonds. The third-order valence-corrected chi connectivity index (χ3v) is 4.06. The predicted molar refractivity (Wildman–Crippen MR) is 94.0 cm³/mol. The molecule has 0 aliphatic carbocycles. The maximum absolute atomic E-state index is 12.2. The van der Waals surface area contributed by atoms with Crippen molar-refractivity contribution in [1.82, 2.24) is 9.38 Å². The molecule has 0 spiro atoms. The molecule has 0 unspecified atom stereocenters. The molecule has 5 nitrogen and oxygen atoms in total. The van der Waals surface area contributed by atoms with Crippen molar-refractivity contribution in [3.8, 4) is 11.3 Å². The summed E-state index contributed by atoms with van der Waals surface area (Å²) in [7, 11) is 0. The molecule has 0 aliphatic rings. The van der Waals surface area contributed by atoms with Crippen LogP contribution in [0.25, 0.3) is 16.9 Å². The van der Waals surface area contributed by atoms with Crippen LogP contribution in [-0.2, 0) is 11.2 Å². The molecule has 0 atom stereocenters. The summed E-state index contributed by atoms with van der Waals surface area (Å²) in [5.41, 5.74) is 3.56. The molecule has 27 heavy (non-hydrogen) atoms. The third kappa shape index (κ3) is 4.72. The third-order valence-electron chi connectivity index (χ3n) is 4.06. The van der Waals surface area contributed by atoms with Gasteiger partial charge in [0, 0.05) is 30.2 Å². The summed E-state index contributed by atoms with van der Waals surface area (Å²) in [6.07, 6.45) is -1.25. The minimum atomic E-state index is -4.33. The molecule has 1 N–H and O–H groups in total. The molecule has 140 valence electrons. The highest BCUT2D eigenvalue weighted by molar-refractivity contribution is 5.82. The highest BCUT2D eigenvalue weighted by Crippen LogP contribution is 2.24. The number of Topliss-reactive ketones (excluding diaryl/α,β-unsaturated/α-hetero) is 1. The molecule has 0 fully saturated rings. The Morgan fingerprint density at radius 3 is 2.81 bits per heavy atom. The summed E-state index contributed by atoms with van der Waals surface area (Å²) in [5.74, 6) is -0.449. The average Bonchev–Trinajstić information content (AvgIpc) is 3.03. The maximum Gasteiger partial charge on any atom is 0.389 e. The Morgan fingerprint density at radius 1 is 1.26 bits per heavy atom. The van der Waals surface area contributed by atoms with Crippen LogP contribution in [0.5, 0.6) is 0 Å². The average molecular weight is 375 g/mol. The van der Waals surface area contributed by atoms with Crippen LogP contribution in [0.4, 0.5) is 13.2 Å². The van der Waals surface area contributed by atoms with Crippen LogP contribution >= 0.6 is 0 Å². The molecular formula is C19H16F3N3O2. The molecule has 8 heteroatoms. The van der Waals surface area contributed by atoms with Crippen LogP contribution in [-0.4, -0.2) is 32.8 Å². The van der Waals surface area contributed by atoms with Gasteiger partial charge in [-0.25, -0.2) is 4.98 Å². The molecule has 0 saturated heterocycles. The van der Waals surface area contributed by atoms with E-state index in [-0.39, 0.29) is 6.42 Å². The summed E-state index contributed by atoms with van der Waals surface area (Å²) in [5, 5.41) is 11.6.